The molecule has 1 fully saturated rings. The van der Waals surface area contributed by atoms with Crippen LogP contribution in [0.1, 0.15) is 28.8 Å². The Kier molecular flexibility index (Phi) is 7.50. The lowest BCUT2D eigenvalue weighted by molar-refractivity contribution is 0.0951. The average Bonchev–Trinajstić information content (AvgIpc) is 2.84. The summed E-state index contributed by atoms with van der Waals surface area (Å²) in [5.41, 5.74) is 1.69. The second-order valence-electron chi connectivity index (χ2n) is 8.13. The lowest BCUT2D eigenvalue weighted by Gasteiger charge is -2.34. The SMILES string of the molecule is O=C(NCc1ccccc1F)c1ccccc1N1CCC(NS(=O)(=O)c2ccc(Cl)cc2)CC1. The van der Waals surface area contributed by atoms with Gasteiger partial charge in [-0.1, -0.05) is 41.9 Å². The molecule has 3 aromatic rings. The summed E-state index contributed by atoms with van der Waals surface area (Å²) in [5.74, 6) is -0.649. The molecule has 178 valence electrons. The fourth-order valence-corrected chi connectivity index (χ4v) is 5.42. The molecule has 0 spiro atoms. The topological polar surface area (TPSA) is 78.5 Å². The summed E-state index contributed by atoms with van der Waals surface area (Å²) in [6.45, 7) is 1.27. The van der Waals surface area contributed by atoms with Gasteiger partial charge in [0.2, 0.25) is 10.0 Å². The summed E-state index contributed by atoms with van der Waals surface area (Å²) < 4.78 is 42.0. The highest BCUT2D eigenvalue weighted by Gasteiger charge is 2.26. The second kappa shape index (κ2) is 10.5. The van der Waals surface area contributed by atoms with Gasteiger partial charge >= 0.3 is 0 Å². The molecule has 0 aromatic heterocycles. The Hall–Kier alpha value is -2.94. The van der Waals surface area contributed by atoms with Crippen LogP contribution in [0, 0.1) is 5.82 Å². The third-order valence-electron chi connectivity index (χ3n) is 5.83. The van der Waals surface area contributed by atoms with Crippen LogP contribution < -0.4 is 14.9 Å². The zero-order valence-electron chi connectivity index (χ0n) is 18.4. The number of piperidine rings is 1. The number of carbonyl (C=O) groups is 1. The number of para-hydroxylation sites is 1. The van der Waals surface area contributed by atoms with Crippen LogP contribution in [-0.2, 0) is 16.6 Å². The number of carbonyl (C=O) groups excluding carboxylic acids is 1. The van der Waals surface area contributed by atoms with E-state index in [1.54, 1.807) is 42.5 Å². The molecule has 4 rings (SSSR count). The molecule has 2 N–H and O–H groups in total. The van der Waals surface area contributed by atoms with Crippen molar-refractivity contribution in [1.82, 2.24) is 10.0 Å². The number of benzene rings is 3. The first-order valence-corrected chi connectivity index (χ1v) is 12.8. The number of nitrogens with zero attached hydrogens (tertiary/aromatic N) is 1. The molecule has 0 aliphatic carbocycles. The van der Waals surface area contributed by atoms with Crippen molar-refractivity contribution in [1.29, 1.82) is 0 Å². The molecule has 9 heteroatoms. The average molecular weight is 502 g/mol. The molecule has 1 amide bonds. The Morgan fingerprint density at radius 2 is 1.62 bits per heavy atom. The predicted octanol–water partition coefficient (Wildman–Crippen LogP) is 4.36. The van der Waals surface area contributed by atoms with Crippen molar-refractivity contribution in [3.63, 3.8) is 0 Å². The number of halogens is 2. The smallest absolute Gasteiger partial charge is 0.253 e. The maximum Gasteiger partial charge on any atom is 0.253 e. The Labute approximate surface area is 203 Å². The number of hydrogen-bond donors (Lipinski definition) is 2. The van der Waals surface area contributed by atoms with Crippen LogP contribution in [0.4, 0.5) is 10.1 Å². The van der Waals surface area contributed by atoms with Crippen molar-refractivity contribution in [2.24, 2.45) is 0 Å². The number of rotatable bonds is 7. The van der Waals surface area contributed by atoms with Gasteiger partial charge in [-0.05, 0) is 55.3 Å². The maximum absolute atomic E-state index is 13.9. The summed E-state index contributed by atoms with van der Waals surface area (Å²) in [4.78, 5) is 15.1. The quantitative estimate of drug-likeness (QED) is 0.504. The Morgan fingerprint density at radius 1 is 0.971 bits per heavy atom. The lowest BCUT2D eigenvalue weighted by atomic mass is 10.0. The van der Waals surface area contributed by atoms with Crippen LogP contribution in [0.5, 0.6) is 0 Å². The van der Waals surface area contributed by atoms with Crippen LogP contribution in [0.2, 0.25) is 5.02 Å². The van der Waals surface area contributed by atoms with E-state index in [9.17, 15) is 17.6 Å². The van der Waals surface area contributed by atoms with Gasteiger partial charge in [0, 0.05) is 41.9 Å². The van der Waals surface area contributed by atoms with E-state index in [-0.39, 0.29) is 29.2 Å². The van der Waals surface area contributed by atoms with E-state index < -0.39 is 10.0 Å². The fraction of sp³-hybridized carbons (Fsp3) is 0.240. The van der Waals surface area contributed by atoms with E-state index >= 15 is 0 Å². The van der Waals surface area contributed by atoms with Gasteiger partial charge in [0.15, 0.2) is 0 Å². The maximum atomic E-state index is 13.9. The van der Waals surface area contributed by atoms with Crippen LogP contribution in [0.3, 0.4) is 0 Å². The van der Waals surface area contributed by atoms with Crippen LogP contribution >= 0.6 is 11.6 Å². The molecular weight excluding hydrogens is 477 g/mol. The highest BCUT2D eigenvalue weighted by molar-refractivity contribution is 7.89. The summed E-state index contributed by atoms with van der Waals surface area (Å²) in [5, 5.41) is 3.27. The molecule has 1 aliphatic rings. The van der Waals surface area contributed by atoms with Crippen LogP contribution in [0.25, 0.3) is 0 Å². The van der Waals surface area contributed by atoms with E-state index in [1.807, 2.05) is 12.1 Å². The molecule has 1 heterocycles. The van der Waals surface area contributed by atoms with E-state index in [2.05, 4.69) is 14.9 Å². The number of amides is 1. The van der Waals surface area contributed by atoms with Gasteiger partial charge in [-0.15, -0.1) is 0 Å². The van der Waals surface area contributed by atoms with E-state index in [0.717, 1.165) is 5.69 Å². The normalized spacial score (nSPS) is 14.7. The Morgan fingerprint density at radius 3 is 2.32 bits per heavy atom. The minimum Gasteiger partial charge on any atom is -0.371 e. The summed E-state index contributed by atoms with van der Waals surface area (Å²) >= 11 is 5.85. The molecule has 0 radical (unpaired) electrons. The fourth-order valence-electron chi connectivity index (χ4n) is 3.99. The van der Waals surface area contributed by atoms with Crippen molar-refractivity contribution in [3.8, 4) is 0 Å². The van der Waals surface area contributed by atoms with Crippen molar-refractivity contribution in [2.75, 3.05) is 18.0 Å². The van der Waals surface area contributed by atoms with Gasteiger partial charge in [0.1, 0.15) is 5.82 Å². The third-order valence-corrected chi connectivity index (χ3v) is 7.62. The molecule has 3 aromatic carbocycles. The molecule has 1 saturated heterocycles. The first kappa shape index (κ1) is 24.2. The van der Waals surface area contributed by atoms with Gasteiger partial charge in [-0.25, -0.2) is 17.5 Å². The Balaban J connectivity index is 1.38. The first-order chi connectivity index (χ1) is 16.3. The van der Waals surface area contributed by atoms with Crippen LogP contribution in [0.15, 0.2) is 77.7 Å². The van der Waals surface area contributed by atoms with Crippen LogP contribution in [-0.4, -0.2) is 33.5 Å². The standard InChI is InChI=1S/C25H25ClFN3O3S/c26-19-9-11-21(12-10-19)34(32,33)29-20-13-15-30(16-14-20)24-8-4-2-6-22(24)25(31)28-17-18-5-1-3-7-23(18)27/h1-12,20,29H,13-17H2,(H,28,31). The number of sulfonamides is 1. The largest absolute Gasteiger partial charge is 0.371 e. The van der Waals surface area contributed by atoms with Crippen molar-refractivity contribution in [3.05, 3.63) is 94.8 Å². The third kappa shape index (κ3) is 5.75. The summed E-state index contributed by atoms with van der Waals surface area (Å²) in [7, 11) is -3.64. The van der Waals surface area contributed by atoms with E-state index in [0.29, 0.717) is 42.1 Å². The zero-order chi connectivity index (χ0) is 24.1. The van der Waals surface area contributed by atoms with Gasteiger partial charge in [0.05, 0.1) is 10.5 Å². The van der Waals surface area contributed by atoms with E-state index in [4.69, 9.17) is 11.6 Å². The number of anilines is 1. The molecular formula is C25H25ClFN3O3S. The van der Waals surface area contributed by atoms with E-state index in [1.165, 1.54) is 18.2 Å². The summed E-state index contributed by atoms with van der Waals surface area (Å²) in [6, 6.07) is 19.4. The molecule has 0 atom stereocenters. The number of hydrogen-bond acceptors (Lipinski definition) is 4. The first-order valence-electron chi connectivity index (χ1n) is 11.0. The van der Waals surface area contributed by atoms with Crippen molar-refractivity contribution in [2.45, 2.75) is 30.3 Å². The predicted molar refractivity (Wildman–Crippen MR) is 131 cm³/mol. The Bertz CT molecular complexity index is 1260. The summed E-state index contributed by atoms with van der Waals surface area (Å²) in [6.07, 6.45) is 1.19. The molecule has 0 bridgehead atoms. The minimum absolute atomic E-state index is 0.0917. The van der Waals surface area contributed by atoms with Crippen molar-refractivity contribution >= 4 is 33.2 Å². The van der Waals surface area contributed by atoms with Gasteiger partial charge in [-0.2, -0.15) is 0 Å². The van der Waals surface area contributed by atoms with Gasteiger partial charge < -0.3 is 10.2 Å². The lowest BCUT2D eigenvalue weighted by Crippen LogP contribution is -2.45. The number of nitrogens with one attached hydrogen (secondary N) is 2. The molecule has 1 aliphatic heterocycles. The molecule has 0 unspecified atom stereocenters. The van der Waals surface area contributed by atoms with Gasteiger partial charge in [-0.3, -0.25) is 4.79 Å². The molecule has 0 saturated carbocycles. The molecule has 6 nitrogen and oxygen atoms in total. The zero-order valence-corrected chi connectivity index (χ0v) is 19.9. The monoisotopic (exact) mass is 501 g/mol. The van der Waals surface area contributed by atoms with Crippen molar-refractivity contribution < 1.29 is 17.6 Å². The molecule has 34 heavy (non-hydrogen) atoms. The van der Waals surface area contributed by atoms with Gasteiger partial charge in [0.25, 0.3) is 5.91 Å². The highest BCUT2D eigenvalue weighted by Crippen LogP contribution is 2.25. The minimum atomic E-state index is -3.64. The highest BCUT2D eigenvalue weighted by atomic mass is 35.5. The second-order valence-corrected chi connectivity index (χ2v) is 10.3.